The molecule has 0 aromatic carbocycles. The van der Waals surface area contributed by atoms with E-state index in [0.717, 1.165) is 31.9 Å². The number of ether oxygens (including phenoxy) is 2. The molecule has 32 heavy (non-hydrogen) atoms. The molecule has 0 saturated carbocycles. The smallest absolute Gasteiger partial charge is 0.330 e. The van der Waals surface area contributed by atoms with Crippen molar-refractivity contribution >= 4 is 20.3 Å². The number of unbranched alkanes of at least 4 members (excludes halogenated alkanes) is 5. The summed E-state index contributed by atoms with van der Waals surface area (Å²) in [6.45, 7) is 21.4. The maximum atomic E-state index is 10.5. The first kappa shape index (κ1) is 37.6. The second-order valence-corrected chi connectivity index (χ2v) is 13.4. The Balaban J connectivity index is -0.000000195. The lowest BCUT2D eigenvalue weighted by molar-refractivity contribution is -0.135. The SMILES string of the molecule is C.C=CC(=O)OC.C=CCCCCO[Si](C)(C)C(C)(C)C.CCCCC/C=C/C(=O)OC. The topological polar surface area (TPSA) is 61.8 Å². The van der Waals surface area contributed by atoms with Crippen molar-refractivity contribution in [1.82, 2.24) is 0 Å². The molecular formula is C26H52O5Si. The van der Waals surface area contributed by atoms with Crippen LogP contribution >= 0.6 is 0 Å². The zero-order valence-corrected chi connectivity index (χ0v) is 22.4. The third-order valence-corrected chi connectivity index (χ3v) is 9.41. The van der Waals surface area contributed by atoms with E-state index in [1.807, 2.05) is 12.2 Å². The van der Waals surface area contributed by atoms with Crippen LogP contribution in [0.5, 0.6) is 0 Å². The minimum Gasteiger partial charge on any atom is -0.466 e. The first-order chi connectivity index (χ1) is 14.4. The molecule has 0 aliphatic heterocycles. The molecule has 0 rings (SSSR count). The fourth-order valence-corrected chi connectivity index (χ4v) is 2.87. The highest BCUT2D eigenvalue weighted by Crippen LogP contribution is 2.36. The Bertz CT molecular complexity index is 505. The molecule has 0 fully saturated rings. The van der Waals surface area contributed by atoms with Crippen molar-refractivity contribution in [1.29, 1.82) is 0 Å². The van der Waals surface area contributed by atoms with E-state index in [9.17, 15) is 9.59 Å². The van der Waals surface area contributed by atoms with Gasteiger partial charge in [-0.3, -0.25) is 0 Å². The van der Waals surface area contributed by atoms with Crippen LogP contribution in [-0.4, -0.2) is 41.1 Å². The molecule has 190 valence electrons. The van der Waals surface area contributed by atoms with Gasteiger partial charge in [0, 0.05) is 18.8 Å². The van der Waals surface area contributed by atoms with Crippen molar-refractivity contribution in [2.45, 2.75) is 98.2 Å². The predicted octanol–water partition coefficient (Wildman–Crippen LogP) is 7.64. The Morgan fingerprint density at radius 2 is 1.44 bits per heavy atom. The summed E-state index contributed by atoms with van der Waals surface area (Å²) in [4.78, 5) is 20.4. The van der Waals surface area contributed by atoms with Gasteiger partial charge in [-0.25, -0.2) is 9.59 Å². The Morgan fingerprint density at radius 1 is 0.906 bits per heavy atom. The average molecular weight is 473 g/mol. The first-order valence-electron chi connectivity index (χ1n) is 11.1. The fraction of sp³-hybridized carbons (Fsp3) is 0.692. The van der Waals surface area contributed by atoms with Crippen molar-refractivity contribution in [3.63, 3.8) is 0 Å². The molecule has 0 atom stereocenters. The van der Waals surface area contributed by atoms with Crippen LogP contribution in [0.4, 0.5) is 0 Å². The highest BCUT2D eigenvalue weighted by Gasteiger charge is 2.36. The lowest BCUT2D eigenvalue weighted by atomic mass is 10.2. The molecule has 0 unspecified atom stereocenters. The molecule has 0 aliphatic carbocycles. The molecule has 0 radical (unpaired) electrons. The van der Waals surface area contributed by atoms with Crippen LogP contribution in [0, 0.1) is 0 Å². The van der Waals surface area contributed by atoms with Crippen molar-refractivity contribution in [3.05, 3.63) is 37.5 Å². The average Bonchev–Trinajstić information content (AvgIpc) is 2.72. The number of esters is 2. The number of rotatable bonds is 12. The summed E-state index contributed by atoms with van der Waals surface area (Å²) >= 11 is 0. The molecule has 0 aromatic heterocycles. The zero-order chi connectivity index (χ0) is 24.8. The van der Waals surface area contributed by atoms with Gasteiger partial charge >= 0.3 is 11.9 Å². The van der Waals surface area contributed by atoms with Crippen LogP contribution < -0.4 is 0 Å². The Morgan fingerprint density at radius 3 is 1.81 bits per heavy atom. The van der Waals surface area contributed by atoms with Gasteiger partial charge in [-0.05, 0) is 50.2 Å². The molecule has 0 heterocycles. The van der Waals surface area contributed by atoms with E-state index in [1.54, 1.807) is 0 Å². The number of carbonyl (C=O) groups is 2. The van der Waals surface area contributed by atoms with Gasteiger partial charge in [0.2, 0.25) is 0 Å². The van der Waals surface area contributed by atoms with Gasteiger partial charge in [0.25, 0.3) is 0 Å². The van der Waals surface area contributed by atoms with E-state index in [-0.39, 0.29) is 13.4 Å². The van der Waals surface area contributed by atoms with Crippen molar-refractivity contribution in [2.24, 2.45) is 0 Å². The monoisotopic (exact) mass is 472 g/mol. The van der Waals surface area contributed by atoms with E-state index >= 15 is 0 Å². The molecule has 0 aliphatic rings. The van der Waals surface area contributed by atoms with Gasteiger partial charge in [0.1, 0.15) is 0 Å². The summed E-state index contributed by atoms with van der Waals surface area (Å²) in [5.41, 5.74) is 0. The molecule has 0 spiro atoms. The second-order valence-electron chi connectivity index (χ2n) is 8.54. The summed E-state index contributed by atoms with van der Waals surface area (Å²) in [5, 5.41) is 0.339. The van der Waals surface area contributed by atoms with Gasteiger partial charge in [-0.2, -0.15) is 0 Å². The third-order valence-electron chi connectivity index (χ3n) is 4.87. The van der Waals surface area contributed by atoms with E-state index < -0.39 is 14.3 Å². The highest BCUT2D eigenvalue weighted by atomic mass is 28.4. The number of methoxy groups -OCH3 is 2. The van der Waals surface area contributed by atoms with Crippen molar-refractivity contribution in [3.8, 4) is 0 Å². The van der Waals surface area contributed by atoms with Gasteiger partial charge in [-0.15, -0.1) is 6.58 Å². The van der Waals surface area contributed by atoms with Crippen LogP contribution in [0.1, 0.15) is 80.1 Å². The quantitative estimate of drug-likeness (QED) is 0.0959. The molecular weight excluding hydrogens is 420 g/mol. The summed E-state index contributed by atoms with van der Waals surface area (Å²) in [5.74, 6) is -0.656. The highest BCUT2D eigenvalue weighted by molar-refractivity contribution is 6.74. The first-order valence-corrected chi connectivity index (χ1v) is 14.0. The Hall–Kier alpha value is -1.66. The molecule has 0 amide bonds. The van der Waals surface area contributed by atoms with Crippen LogP contribution in [0.3, 0.4) is 0 Å². The molecule has 0 saturated heterocycles. The molecule has 0 N–H and O–H groups in total. The minimum absolute atomic E-state index is 0. The van der Waals surface area contributed by atoms with E-state index in [2.05, 4.69) is 63.4 Å². The lowest BCUT2D eigenvalue weighted by Gasteiger charge is -2.36. The summed E-state index contributed by atoms with van der Waals surface area (Å²) in [6, 6.07) is 0. The largest absolute Gasteiger partial charge is 0.466 e. The van der Waals surface area contributed by atoms with Crippen molar-refractivity contribution in [2.75, 3.05) is 20.8 Å². The third kappa shape index (κ3) is 26.4. The van der Waals surface area contributed by atoms with Crippen LogP contribution in [0.15, 0.2) is 37.5 Å². The van der Waals surface area contributed by atoms with Gasteiger partial charge in [-0.1, -0.05) is 66.7 Å². The maximum Gasteiger partial charge on any atom is 0.330 e. The lowest BCUT2D eigenvalue weighted by Crippen LogP contribution is -2.40. The Labute approximate surface area is 200 Å². The second kappa shape index (κ2) is 24.0. The van der Waals surface area contributed by atoms with E-state index in [1.165, 1.54) is 46.0 Å². The number of hydrogen-bond acceptors (Lipinski definition) is 5. The van der Waals surface area contributed by atoms with Crippen LogP contribution in [0.25, 0.3) is 0 Å². The number of carbonyl (C=O) groups excluding carboxylic acids is 2. The van der Waals surface area contributed by atoms with Crippen molar-refractivity contribution < 1.29 is 23.5 Å². The number of hydrogen-bond donors (Lipinski definition) is 0. The van der Waals surface area contributed by atoms with Gasteiger partial charge < -0.3 is 13.9 Å². The van der Waals surface area contributed by atoms with E-state index in [0.29, 0.717) is 5.04 Å². The van der Waals surface area contributed by atoms with E-state index in [4.69, 9.17) is 4.43 Å². The molecule has 6 heteroatoms. The number of allylic oxidation sites excluding steroid dienone is 2. The fourth-order valence-electron chi connectivity index (χ4n) is 1.78. The van der Waals surface area contributed by atoms with Gasteiger partial charge in [0.05, 0.1) is 14.2 Å². The zero-order valence-electron chi connectivity index (χ0n) is 21.4. The van der Waals surface area contributed by atoms with Crippen LogP contribution in [0.2, 0.25) is 18.1 Å². The molecule has 0 bridgehead atoms. The predicted molar refractivity (Wildman–Crippen MR) is 141 cm³/mol. The molecule has 5 nitrogen and oxygen atoms in total. The summed E-state index contributed by atoms with van der Waals surface area (Å²) < 4.78 is 14.6. The molecule has 0 aromatic rings. The Kier molecular flexibility index (Phi) is 28.2. The summed E-state index contributed by atoms with van der Waals surface area (Å²) in [7, 11) is 1.21. The van der Waals surface area contributed by atoms with Crippen LogP contribution in [-0.2, 0) is 23.5 Å². The maximum absolute atomic E-state index is 10.5. The minimum atomic E-state index is -1.49. The summed E-state index contributed by atoms with van der Waals surface area (Å²) in [6.07, 6.45) is 14.5. The van der Waals surface area contributed by atoms with Gasteiger partial charge in [0.15, 0.2) is 8.32 Å². The standard InChI is InChI=1S/C12H26OSi.C9H16O2.C4H6O2.CH4/c1-7-8-9-10-11-13-14(5,6)12(2,3)4;1-3-4-5-6-7-8-9(10)11-2;1-3-4(5)6-2;/h7H,1,8-11H2,2-6H3;7-8H,3-6H2,1-2H3;3H,1H2,2H3;1H4/b;8-7+;;. The normalized spacial score (nSPS) is 10.5.